The number of benzene rings is 1. The lowest BCUT2D eigenvalue weighted by Crippen LogP contribution is -2.14. The van der Waals surface area contributed by atoms with Crippen LogP contribution in [0.15, 0.2) is 61.2 Å². The van der Waals surface area contributed by atoms with E-state index >= 15 is 0 Å². The van der Waals surface area contributed by atoms with Crippen molar-refractivity contribution in [3.63, 3.8) is 0 Å². The van der Waals surface area contributed by atoms with Gasteiger partial charge in [0, 0.05) is 18.9 Å². The third kappa shape index (κ3) is 2.80. The molecule has 0 spiro atoms. The topological polar surface area (TPSA) is 77.2 Å². The molecule has 0 saturated heterocycles. The predicted octanol–water partition coefficient (Wildman–Crippen LogP) is 3.01. The second-order valence-corrected chi connectivity index (χ2v) is 4.60. The molecule has 0 unspecified atom stereocenters. The maximum atomic E-state index is 6.16. The molecule has 0 aliphatic rings. The number of rotatable bonds is 4. The molecule has 2 aromatic heterocycles. The van der Waals surface area contributed by atoms with Crippen LogP contribution in [-0.2, 0) is 0 Å². The fourth-order valence-corrected chi connectivity index (χ4v) is 2.01. The van der Waals surface area contributed by atoms with E-state index < -0.39 is 0 Å². The smallest absolute Gasteiger partial charge is 0.248 e. The quantitative estimate of drug-likeness (QED) is 0.796. The van der Waals surface area contributed by atoms with Gasteiger partial charge in [-0.2, -0.15) is 4.98 Å². The SMILES string of the molecule is CN(c1ccccc1)c1ncnc(Oc2cccnc2)c1N. The highest BCUT2D eigenvalue weighted by atomic mass is 16.5. The summed E-state index contributed by atoms with van der Waals surface area (Å²) in [6.45, 7) is 0. The zero-order chi connectivity index (χ0) is 15.4. The van der Waals surface area contributed by atoms with E-state index in [0.29, 0.717) is 23.1 Å². The van der Waals surface area contributed by atoms with Crippen molar-refractivity contribution in [2.75, 3.05) is 17.7 Å². The first-order valence-corrected chi connectivity index (χ1v) is 6.73. The summed E-state index contributed by atoms with van der Waals surface area (Å²) in [6, 6.07) is 13.4. The first-order valence-electron chi connectivity index (χ1n) is 6.73. The minimum atomic E-state index is 0.306. The van der Waals surface area contributed by atoms with Crippen LogP contribution in [-0.4, -0.2) is 22.0 Å². The van der Waals surface area contributed by atoms with Gasteiger partial charge < -0.3 is 15.4 Å². The normalized spacial score (nSPS) is 10.2. The molecule has 0 radical (unpaired) electrons. The summed E-state index contributed by atoms with van der Waals surface area (Å²) in [6.07, 6.45) is 4.70. The monoisotopic (exact) mass is 293 g/mol. The molecule has 1 aromatic carbocycles. The molecular formula is C16H15N5O. The number of para-hydroxylation sites is 1. The second-order valence-electron chi connectivity index (χ2n) is 4.60. The fourth-order valence-electron chi connectivity index (χ4n) is 2.01. The molecule has 0 bridgehead atoms. The van der Waals surface area contributed by atoms with Crippen LogP contribution in [0.4, 0.5) is 17.2 Å². The lowest BCUT2D eigenvalue weighted by atomic mass is 10.3. The Bertz CT molecular complexity index is 749. The van der Waals surface area contributed by atoms with Crippen molar-refractivity contribution in [3.05, 3.63) is 61.2 Å². The van der Waals surface area contributed by atoms with Crippen LogP contribution in [0.25, 0.3) is 0 Å². The summed E-state index contributed by atoms with van der Waals surface area (Å²) in [5, 5.41) is 0. The van der Waals surface area contributed by atoms with E-state index in [1.165, 1.54) is 6.33 Å². The van der Waals surface area contributed by atoms with E-state index in [1.54, 1.807) is 24.5 Å². The third-order valence-corrected chi connectivity index (χ3v) is 3.14. The molecule has 3 aromatic rings. The standard InChI is InChI=1S/C16H15N5O/c1-21(12-6-3-2-4-7-12)15-14(17)16(20-11-19-15)22-13-8-5-9-18-10-13/h2-11H,17H2,1H3. The number of anilines is 3. The molecule has 3 rings (SSSR count). The van der Waals surface area contributed by atoms with Crippen LogP contribution in [0.1, 0.15) is 0 Å². The Morgan fingerprint density at radius 1 is 1.05 bits per heavy atom. The summed E-state index contributed by atoms with van der Waals surface area (Å²) in [7, 11) is 1.89. The number of pyridine rings is 1. The van der Waals surface area contributed by atoms with Crippen LogP contribution in [0.3, 0.4) is 0 Å². The van der Waals surface area contributed by atoms with Gasteiger partial charge in [0.25, 0.3) is 0 Å². The molecule has 0 aliphatic carbocycles. The summed E-state index contributed by atoms with van der Waals surface area (Å²) in [5.41, 5.74) is 7.50. The van der Waals surface area contributed by atoms with Crippen molar-refractivity contribution >= 4 is 17.2 Å². The number of nitrogens with zero attached hydrogens (tertiary/aromatic N) is 4. The Kier molecular flexibility index (Phi) is 3.82. The molecule has 6 nitrogen and oxygen atoms in total. The first-order chi connectivity index (χ1) is 10.8. The van der Waals surface area contributed by atoms with Crippen molar-refractivity contribution in [3.8, 4) is 11.6 Å². The van der Waals surface area contributed by atoms with Crippen molar-refractivity contribution in [2.45, 2.75) is 0 Å². The third-order valence-electron chi connectivity index (χ3n) is 3.14. The van der Waals surface area contributed by atoms with E-state index in [9.17, 15) is 0 Å². The fraction of sp³-hybridized carbons (Fsp3) is 0.0625. The van der Waals surface area contributed by atoms with Gasteiger partial charge >= 0.3 is 0 Å². The van der Waals surface area contributed by atoms with Gasteiger partial charge in [-0.1, -0.05) is 18.2 Å². The molecule has 22 heavy (non-hydrogen) atoms. The van der Waals surface area contributed by atoms with E-state index in [1.807, 2.05) is 42.3 Å². The van der Waals surface area contributed by atoms with Crippen molar-refractivity contribution in [1.82, 2.24) is 15.0 Å². The Hall–Kier alpha value is -3.15. The average Bonchev–Trinajstić information content (AvgIpc) is 2.58. The molecule has 2 N–H and O–H groups in total. The second kappa shape index (κ2) is 6.09. The summed E-state index contributed by atoms with van der Waals surface area (Å²) in [4.78, 5) is 14.2. The lowest BCUT2D eigenvalue weighted by Gasteiger charge is -2.20. The molecule has 0 saturated carbocycles. The van der Waals surface area contributed by atoms with E-state index in [4.69, 9.17) is 10.5 Å². The van der Waals surface area contributed by atoms with Crippen molar-refractivity contribution in [2.24, 2.45) is 0 Å². The number of ether oxygens (including phenoxy) is 1. The van der Waals surface area contributed by atoms with Crippen LogP contribution in [0.2, 0.25) is 0 Å². The number of hydrogen-bond donors (Lipinski definition) is 1. The zero-order valence-corrected chi connectivity index (χ0v) is 12.0. The van der Waals surface area contributed by atoms with Crippen LogP contribution >= 0.6 is 0 Å². The molecule has 0 atom stereocenters. The number of nitrogen functional groups attached to an aromatic ring is 1. The largest absolute Gasteiger partial charge is 0.435 e. The first kappa shape index (κ1) is 13.8. The summed E-state index contributed by atoms with van der Waals surface area (Å²) >= 11 is 0. The Labute approximate surface area is 128 Å². The molecule has 110 valence electrons. The Morgan fingerprint density at radius 3 is 2.59 bits per heavy atom. The Morgan fingerprint density at radius 2 is 1.86 bits per heavy atom. The van der Waals surface area contributed by atoms with Gasteiger partial charge in [-0.15, -0.1) is 0 Å². The van der Waals surface area contributed by atoms with Gasteiger partial charge in [-0.05, 0) is 24.3 Å². The van der Waals surface area contributed by atoms with Gasteiger partial charge in [0.1, 0.15) is 17.8 Å². The molecular weight excluding hydrogens is 278 g/mol. The maximum absolute atomic E-state index is 6.16. The number of aromatic nitrogens is 3. The number of nitrogens with two attached hydrogens (primary N) is 1. The zero-order valence-electron chi connectivity index (χ0n) is 12.0. The van der Waals surface area contributed by atoms with Gasteiger partial charge in [0.15, 0.2) is 5.82 Å². The predicted molar refractivity (Wildman–Crippen MR) is 85.3 cm³/mol. The molecule has 0 amide bonds. The minimum Gasteiger partial charge on any atom is -0.435 e. The van der Waals surface area contributed by atoms with Gasteiger partial charge in [-0.25, -0.2) is 4.98 Å². The van der Waals surface area contributed by atoms with Crippen molar-refractivity contribution < 1.29 is 4.74 Å². The molecule has 2 heterocycles. The van der Waals surface area contributed by atoms with E-state index in [0.717, 1.165) is 5.69 Å². The van der Waals surface area contributed by atoms with E-state index in [-0.39, 0.29) is 0 Å². The Balaban J connectivity index is 1.92. The number of hydrogen-bond acceptors (Lipinski definition) is 6. The summed E-state index contributed by atoms with van der Waals surface area (Å²) < 4.78 is 5.67. The van der Waals surface area contributed by atoms with Crippen molar-refractivity contribution in [1.29, 1.82) is 0 Å². The molecule has 0 aliphatic heterocycles. The van der Waals surface area contributed by atoms with Gasteiger partial charge in [0.2, 0.25) is 5.88 Å². The lowest BCUT2D eigenvalue weighted by molar-refractivity contribution is 0.462. The molecule has 6 heteroatoms. The van der Waals surface area contributed by atoms with Crippen LogP contribution < -0.4 is 15.4 Å². The highest BCUT2D eigenvalue weighted by molar-refractivity contribution is 5.73. The van der Waals surface area contributed by atoms with Crippen LogP contribution in [0, 0.1) is 0 Å². The highest BCUT2D eigenvalue weighted by Crippen LogP contribution is 2.33. The van der Waals surface area contributed by atoms with Gasteiger partial charge in [0.05, 0.1) is 6.20 Å². The average molecular weight is 293 g/mol. The maximum Gasteiger partial charge on any atom is 0.248 e. The van der Waals surface area contributed by atoms with Crippen LogP contribution in [0.5, 0.6) is 11.6 Å². The highest BCUT2D eigenvalue weighted by Gasteiger charge is 2.15. The van der Waals surface area contributed by atoms with Gasteiger partial charge in [-0.3, -0.25) is 4.98 Å². The van der Waals surface area contributed by atoms with E-state index in [2.05, 4.69) is 15.0 Å². The minimum absolute atomic E-state index is 0.306. The summed E-state index contributed by atoms with van der Waals surface area (Å²) in [5.74, 6) is 1.46. The molecule has 0 fully saturated rings.